The van der Waals surface area contributed by atoms with E-state index in [0.29, 0.717) is 31.8 Å². The second-order valence-electron chi connectivity index (χ2n) is 7.87. The number of thiophene rings is 1. The molecule has 168 valence electrons. The summed E-state index contributed by atoms with van der Waals surface area (Å²) in [6.45, 7) is 0.950. The van der Waals surface area contributed by atoms with Crippen molar-refractivity contribution in [2.24, 2.45) is 5.92 Å². The molecule has 2 aromatic heterocycles. The summed E-state index contributed by atoms with van der Waals surface area (Å²) in [4.78, 5) is 30.6. The highest BCUT2D eigenvalue weighted by atomic mass is 32.1. The Kier molecular flexibility index (Phi) is 6.99. The Balaban J connectivity index is 1.33. The third kappa shape index (κ3) is 5.24. The van der Waals surface area contributed by atoms with Gasteiger partial charge >= 0.3 is 0 Å². The fourth-order valence-corrected chi connectivity index (χ4v) is 4.32. The second-order valence-corrected chi connectivity index (χ2v) is 8.65. The summed E-state index contributed by atoms with van der Waals surface area (Å²) in [6.07, 6.45) is 1.48. The number of aromatic nitrogens is 1. The van der Waals surface area contributed by atoms with Crippen LogP contribution in [0.15, 0.2) is 51.8 Å². The van der Waals surface area contributed by atoms with Crippen molar-refractivity contribution >= 4 is 23.2 Å². The van der Waals surface area contributed by atoms with E-state index in [0.717, 1.165) is 16.7 Å². The van der Waals surface area contributed by atoms with Gasteiger partial charge in [0.05, 0.1) is 12.5 Å². The number of amides is 2. The monoisotopic (exact) mass is 455 g/mol. The van der Waals surface area contributed by atoms with Crippen molar-refractivity contribution in [3.8, 4) is 11.5 Å². The molecule has 8 nitrogen and oxygen atoms in total. The van der Waals surface area contributed by atoms with Crippen LogP contribution < -0.4 is 5.32 Å². The third-order valence-corrected chi connectivity index (χ3v) is 6.33. The molecule has 1 fully saturated rings. The van der Waals surface area contributed by atoms with Crippen LogP contribution in [0.5, 0.6) is 0 Å². The van der Waals surface area contributed by atoms with E-state index in [1.807, 2.05) is 41.1 Å². The smallest absolute Gasteiger partial charge is 0.275 e. The largest absolute Gasteiger partial charge is 0.444 e. The molecule has 2 atom stereocenters. The molecule has 9 heteroatoms. The summed E-state index contributed by atoms with van der Waals surface area (Å²) >= 11 is 1.57. The zero-order chi connectivity index (χ0) is 22.5. The first-order valence-corrected chi connectivity index (χ1v) is 11.4. The van der Waals surface area contributed by atoms with Crippen molar-refractivity contribution in [3.05, 3.63) is 64.2 Å². The lowest BCUT2D eigenvalue weighted by Crippen LogP contribution is -2.47. The van der Waals surface area contributed by atoms with Gasteiger partial charge in [0.1, 0.15) is 6.26 Å². The van der Waals surface area contributed by atoms with Gasteiger partial charge in [-0.2, -0.15) is 11.3 Å². The summed E-state index contributed by atoms with van der Waals surface area (Å²) in [6, 6.07) is 9.35. The SMILES string of the molecule is O=C(Cc1ccsc1)NCc1ccc(-c2nc(C(=O)N3CCC(CO)C(O)C3)co2)cc1. The number of hydrogen-bond acceptors (Lipinski definition) is 7. The van der Waals surface area contributed by atoms with Crippen molar-refractivity contribution in [2.45, 2.75) is 25.5 Å². The number of β-amino-alcohol motifs (C(OH)–C–C–N with tert-alkyl or cyclic N) is 1. The van der Waals surface area contributed by atoms with Gasteiger partial charge in [-0.3, -0.25) is 9.59 Å². The van der Waals surface area contributed by atoms with Gasteiger partial charge < -0.3 is 24.8 Å². The molecule has 0 saturated carbocycles. The Morgan fingerprint density at radius 2 is 2.03 bits per heavy atom. The average molecular weight is 456 g/mol. The highest BCUT2D eigenvalue weighted by molar-refractivity contribution is 7.08. The van der Waals surface area contributed by atoms with Crippen molar-refractivity contribution < 1.29 is 24.2 Å². The minimum atomic E-state index is -0.748. The van der Waals surface area contributed by atoms with Crippen LogP contribution in [0.25, 0.3) is 11.5 Å². The van der Waals surface area contributed by atoms with Gasteiger partial charge in [0.2, 0.25) is 11.8 Å². The molecule has 4 rings (SSSR count). The van der Waals surface area contributed by atoms with Crippen molar-refractivity contribution in [3.63, 3.8) is 0 Å². The molecule has 0 radical (unpaired) electrons. The minimum Gasteiger partial charge on any atom is -0.444 e. The molecule has 3 aromatic rings. The van der Waals surface area contributed by atoms with E-state index in [1.54, 1.807) is 11.3 Å². The molecule has 1 saturated heterocycles. The van der Waals surface area contributed by atoms with Gasteiger partial charge in [0.15, 0.2) is 5.69 Å². The van der Waals surface area contributed by atoms with E-state index in [4.69, 9.17) is 4.42 Å². The van der Waals surface area contributed by atoms with Crippen LogP contribution in [0.4, 0.5) is 0 Å². The number of rotatable bonds is 7. The molecular weight excluding hydrogens is 430 g/mol. The summed E-state index contributed by atoms with van der Waals surface area (Å²) in [5.41, 5.74) is 2.84. The standard InChI is InChI=1S/C23H25N3O5S/c27-12-18-5-7-26(11-20(18)28)23(30)19-13-31-22(25-19)17-3-1-15(2-4-17)10-24-21(29)9-16-6-8-32-14-16/h1-4,6,8,13-14,18,20,27-28H,5,7,9-12H2,(H,24,29). The Hall–Kier alpha value is -3.01. The van der Waals surface area contributed by atoms with Gasteiger partial charge in [0.25, 0.3) is 5.91 Å². The number of nitrogens with zero attached hydrogens (tertiary/aromatic N) is 2. The van der Waals surface area contributed by atoms with Crippen LogP contribution in [0.2, 0.25) is 0 Å². The van der Waals surface area contributed by atoms with E-state index in [-0.39, 0.29) is 36.6 Å². The maximum atomic E-state index is 12.7. The number of nitrogens with one attached hydrogen (secondary N) is 1. The predicted molar refractivity (Wildman–Crippen MR) is 119 cm³/mol. The molecule has 1 aliphatic rings. The lowest BCUT2D eigenvalue weighted by Gasteiger charge is -2.34. The number of aliphatic hydroxyl groups is 2. The molecule has 2 unspecified atom stereocenters. The molecule has 1 aliphatic heterocycles. The van der Waals surface area contributed by atoms with E-state index in [1.165, 1.54) is 11.2 Å². The molecule has 2 amide bonds. The van der Waals surface area contributed by atoms with Crippen LogP contribution in [0.3, 0.4) is 0 Å². The summed E-state index contributed by atoms with van der Waals surface area (Å²) < 4.78 is 5.50. The molecule has 0 aliphatic carbocycles. The number of aliphatic hydroxyl groups excluding tert-OH is 2. The fraction of sp³-hybridized carbons (Fsp3) is 0.348. The zero-order valence-corrected chi connectivity index (χ0v) is 18.3. The molecule has 0 spiro atoms. The van der Waals surface area contributed by atoms with Gasteiger partial charge in [0, 0.05) is 37.7 Å². The Morgan fingerprint density at radius 1 is 1.22 bits per heavy atom. The maximum Gasteiger partial charge on any atom is 0.275 e. The van der Waals surface area contributed by atoms with Crippen molar-refractivity contribution in [1.29, 1.82) is 0 Å². The average Bonchev–Trinajstić information content (AvgIpc) is 3.50. The number of oxazole rings is 1. The molecule has 32 heavy (non-hydrogen) atoms. The van der Waals surface area contributed by atoms with Gasteiger partial charge in [-0.05, 0) is 46.5 Å². The number of carbonyl (C=O) groups excluding carboxylic acids is 2. The predicted octanol–water partition coefficient (Wildman–Crippen LogP) is 2.08. The van der Waals surface area contributed by atoms with Crippen molar-refractivity contribution in [1.82, 2.24) is 15.2 Å². The van der Waals surface area contributed by atoms with Crippen LogP contribution in [0, 0.1) is 5.92 Å². The number of hydrogen-bond donors (Lipinski definition) is 3. The summed E-state index contributed by atoms with van der Waals surface area (Å²) in [7, 11) is 0. The van der Waals surface area contributed by atoms with Gasteiger partial charge in [-0.25, -0.2) is 4.98 Å². The second kappa shape index (κ2) is 10.1. The highest BCUT2D eigenvalue weighted by Crippen LogP contribution is 2.22. The Bertz CT molecular complexity index is 1050. The molecule has 0 bridgehead atoms. The zero-order valence-electron chi connectivity index (χ0n) is 17.4. The Morgan fingerprint density at radius 3 is 2.72 bits per heavy atom. The first-order chi connectivity index (χ1) is 15.5. The minimum absolute atomic E-state index is 0.0310. The Labute approximate surface area is 189 Å². The number of piperidine rings is 1. The maximum absolute atomic E-state index is 12.7. The number of likely N-dealkylation sites (tertiary alicyclic amines) is 1. The quantitative estimate of drug-likeness (QED) is 0.502. The highest BCUT2D eigenvalue weighted by Gasteiger charge is 2.31. The lowest BCUT2D eigenvalue weighted by atomic mass is 9.94. The molecule has 3 heterocycles. The summed E-state index contributed by atoms with van der Waals surface area (Å²) in [5, 5.41) is 26.1. The summed E-state index contributed by atoms with van der Waals surface area (Å²) in [5.74, 6) is -0.213. The van der Waals surface area contributed by atoms with Gasteiger partial charge in [-0.1, -0.05) is 12.1 Å². The lowest BCUT2D eigenvalue weighted by molar-refractivity contribution is -0.120. The van der Waals surface area contributed by atoms with E-state index >= 15 is 0 Å². The topological polar surface area (TPSA) is 116 Å². The third-order valence-electron chi connectivity index (χ3n) is 5.60. The van der Waals surface area contributed by atoms with E-state index in [9.17, 15) is 19.8 Å². The van der Waals surface area contributed by atoms with Crippen LogP contribution in [-0.2, 0) is 17.8 Å². The van der Waals surface area contributed by atoms with Crippen LogP contribution in [-0.4, -0.2) is 57.7 Å². The normalized spacial score (nSPS) is 18.5. The van der Waals surface area contributed by atoms with E-state index < -0.39 is 6.10 Å². The first kappa shape index (κ1) is 22.2. The number of benzene rings is 1. The molecule has 1 aromatic carbocycles. The van der Waals surface area contributed by atoms with E-state index in [2.05, 4.69) is 10.3 Å². The first-order valence-electron chi connectivity index (χ1n) is 10.4. The van der Waals surface area contributed by atoms with Crippen molar-refractivity contribution in [2.75, 3.05) is 19.7 Å². The number of carbonyl (C=O) groups is 2. The fourth-order valence-electron chi connectivity index (χ4n) is 3.65. The van der Waals surface area contributed by atoms with Gasteiger partial charge in [-0.15, -0.1) is 0 Å². The molecule has 3 N–H and O–H groups in total. The van der Waals surface area contributed by atoms with Crippen LogP contribution >= 0.6 is 11.3 Å². The molecular formula is C23H25N3O5S. The van der Waals surface area contributed by atoms with Crippen LogP contribution in [0.1, 0.15) is 28.0 Å².